The van der Waals surface area contributed by atoms with Crippen LogP contribution >= 0.6 is 11.3 Å². The number of rotatable bonds is 7. The molecule has 0 unspecified atom stereocenters. The van der Waals surface area contributed by atoms with Crippen molar-refractivity contribution in [1.82, 2.24) is 0 Å². The quantitative estimate of drug-likeness (QED) is 0.609. The molecule has 0 saturated carbocycles. The summed E-state index contributed by atoms with van der Waals surface area (Å²) in [5, 5.41) is 14.4. The molecule has 5 nitrogen and oxygen atoms in total. The Hall–Kier alpha value is -2.08. The van der Waals surface area contributed by atoms with Crippen molar-refractivity contribution in [3.63, 3.8) is 0 Å². The Kier molecular flexibility index (Phi) is 5.16. The number of nitrogens with zero attached hydrogens (tertiary/aromatic N) is 1. The molecule has 112 valence electrons. The Labute approximate surface area is 127 Å². The first-order valence-electron chi connectivity index (χ1n) is 6.81. The first-order valence-corrected chi connectivity index (χ1v) is 7.63. The third-order valence-electron chi connectivity index (χ3n) is 2.89. The highest BCUT2D eigenvalue weighted by Gasteiger charge is 2.20. The second-order valence-electron chi connectivity index (χ2n) is 4.62. The van der Waals surface area contributed by atoms with Crippen molar-refractivity contribution in [3.05, 3.63) is 50.2 Å². The first kappa shape index (κ1) is 15.3. The molecule has 0 radical (unpaired) electrons. The van der Waals surface area contributed by atoms with Gasteiger partial charge in [-0.15, -0.1) is 11.3 Å². The van der Waals surface area contributed by atoms with E-state index in [1.165, 1.54) is 4.88 Å². The largest absolute Gasteiger partial charge is 0.487 e. The summed E-state index contributed by atoms with van der Waals surface area (Å²) in [6, 6.07) is 9.17. The number of nitro groups is 1. The van der Waals surface area contributed by atoms with Gasteiger partial charge >= 0.3 is 5.69 Å². The van der Waals surface area contributed by atoms with Crippen LogP contribution in [0.4, 0.5) is 11.4 Å². The highest BCUT2D eigenvalue weighted by atomic mass is 32.1. The van der Waals surface area contributed by atoms with Crippen LogP contribution in [-0.4, -0.2) is 11.5 Å². The molecule has 6 heteroatoms. The van der Waals surface area contributed by atoms with Crippen LogP contribution in [-0.2, 0) is 6.54 Å². The molecule has 0 aliphatic heterocycles. The zero-order valence-electron chi connectivity index (χ0n) is 12.1. The number of ether oxygens (including phenoxy) is 1. The lowest BCUT2D eigenvalue weighted by molar-refractivity contribution is -0.385. The maximum absolute atomic E-state index is 11.3. The fraction of sp³-hybridized carbons (Fsp3) is 0.333. The lowest BCUT2D eigenvalue weighted by Crippen LogP contribution is -2.04. The molecule has 1 aromatic carbocycles. The maximum Gasteiger partial charge on any atom is 0.333 e. The van der Waals surface area contributed by atoms with Crippen molar-refractivity contribution in [3.8, 4) is 5.75 Å². The van der Waals surface area contributed by atoms with Gasteiger partial charge in [0.2, 0.25) is 0 Å². The number of para-hydroxylation sites is 1. The second kappa shape index (κ2) is 7.08. The van der Waals surface area contributed by atoms with Crippen molar-refractivity contribution in [2.24, 2.45) is 0 Å². The molecule has 0 fully saturated rings. The van der Waals surface area contributed by atoms with E-state index < -0.39 is 4.92 Å². The van der Waals surface area contributed by atoms with E-state index in [0.717, 1.165) is 11.3 Å². The molecule has 0 amide bonds. The van der Waals surface area contributed by atoms with E-state index in [0.29, 0.717) is 24.6 Å². The summed E-state index contributed by atoms with van der Waals surface area (Å²) in [6.45, 7) is 5.04. The summed E-state index contributed by atoms with van der Waals surface area (Å²) >= 11 is 1.68. The van der Waals surface area contributed by atoms with Crippen LogP contribution in [0.2, 0.25) is 0 Å². The van der Waals surface area contributed by atoms with Gasteiger partial charge in [0.1, 0.15) is 5.69 Å². The minimum Gasteiger partial charge on any atom is -0.487 e. The fourth-order valence-corrected chi connectivity index (χ4v) is 2.77. The van der Waals surface area contributed by atoms with Crippen LogP contribution in [0.25, 0.3) is 0 Å². The molecule has 0 aliphatic carbocycles. The van der Waals surface area contributed by atoms with Gasteiger partial charge in [-0.2, -0.15) is 0 Å². The van der Waals surface area contributed by atoms with E-state index in [2.05, 4.69) is 5.32 Å². The molecule has 0 atom stereocenters. The van der Waals surface area contributed by atoms with E-state index in [1.54, 1.807) is 29.5 Å². The van der Waals surface area contributed by atoms with E-state index in [-0.39, 0.29) is 5.69 Å². The number of anilines is 1. The van der Waals surface area contributed by atoms with Crippen molar-refractivity contribution < 1.29 is 9.66 Å². The topological polar surface area (TPSA) is 64.4 Å². The summed E-state index contributed by atoms with van der Waals surface area (Å²) in [5.41, 5.74) is 0.485. The summed E-state index contributed by atoms with van der Waals surface area (Å²) in [5.74, 6) is 0.314. The highest BCUT2D eigenvalue weighted by Crippen LogP contribution is 2.35. The van der Waals surface area contributed by atoms with E-state index >= 15 is 0 Å². The van der Waals surface area contributed by atoms with Gasteiger partial charge in [-0.25, -0.2) is 0 Å². The number of thiophene rings is 1. The van der Waals surface area contributed by atoms with Gasteiger partial charge in [-0.05, 0) is 37.6 Å². The Morgan fingerprint density at radius 2 is 2.14 bits per heavy atom. The maximum atomic E-state index is 11.3. The van der Waals surface area contributed by atoms with Crippen molar-refractivity contribution >= 4 is 22.7 Å². The molecule has 1 heterocycles. The minimum absolute atomic E-state index is 0.000715. The molecule has 2 rings (SSSR count). The Morgan fingerprint density at radius 1 is 1.33 bits per heavy atom. The van der Waals surface area contributed by atoms with Gasteiger partial charge in [0, 0.05) is 16.3 Å². The molecule has 0 aliphatic rings. The van der Waals surface area contributed by atoms with E-state index in [4.69, 9.17) is 4.74 Å². The van der Waals surface area contributed by atoms with Crippen molar-refractivity contribution in [1.29, 1.82) is 0 Å². The van der Waals surface area contributed by atoms with Crippen LogP contribution in [0, 0.1) is 17.0 Å². The molecule has 21 heavy (non-hydrogen) atoms. The summed E-state index contributed by atoms with van der Waals surface area (Å²) in [4.78, 5) is 13.3. The standard InChI is InChI=1S/C15H18N2O3S/c1-3-9-20-14-6-4-5-13(15(14)17(18)19)16-10-12-8-7-11(2)21-12/h4-8,16H,3,9-10H2,1-2H3. The molecule has 0 spiro atoms. The number of hydrogen-bond donors (Lipinski definition) is 1. The molecular weight excluding hydrogens is 288 g/mol. The van der Waals surface area contributed by atoms with Crippen molar-refractivity contribution in [2.75, 3.05) is 11.9 Å². The monoisotopic (exact) mass is 306 g/mol. The van der Waals surface area contributed by atoms with Gasteiger partial charge in [-0.1, -0.05) is 13.0 Å². The van der Waals surface area contributed by atoms with Crippen LogP contribution in [0.15, 0.2) is 30.3 Å². The Morgan fingerprint density at radius 3 is 2.76 bits per heavy atom. The first-order chi connectivity index (χ1) is 10.1. The van der Waals surface area contributed by atoms with Gasteiger partial charge in [0.15, 0.2) is 5.75 Å². The van der Waals surface area contributed by atoms with Crippen LogP contribution in [0.5, 0.6) is 5.75 Å². The highest BCUT2D eigenvalue weighted by molar-refractivity contribution is 7.11. The average molecular weight is 306 g/mol. The fourth-order valence-electron chi connectivity index (χ4n) is 1.94. The number of benzene rings is 1. The molecule has 0 saturated heterocycles. The molecule has 1 N–H and O–H groups in total. The predicted octanol–water partition coefficient (Wildman–Crippen LogP) is 4.37. The minimum atomic E-state index is -0.396. The van der Waals surface area contributed by atoms with Crippen LogP contribution in [0.1, 0.15) is 23.1 Å². The van der Waals surface area contributed by atoms with Gasteiger partial charge in [0.25, 0.3) is 0 Å². The zero-order valence-corrected chi connectivity index (χ0v) is 12.9. The van der Waals surface area contributed by atoms with E-state index in [1.807, 2.05) is 26.0 Å². The smallest absolute Gasteiger partial charge is 0.333 e. The summed E-state index contributed by atoms with van der Waals surface area (Å²) < 4.78 is 5.47. The lowest BCUT2D eigenvalue weighted by Gasteiger charge is -2.10. The lowest BCUT2D eigenvalue weighted by atomic mass is 10.2. The van der Waals surface area contributed by atoms with Crippen LogP contribution in [0.3, 0.4) is 0 Å². The van der Waals surface area contributed by atoms with Gasteiger partial charge in [0.05, 0.1) is 11.5 Å². The molecule has 1 aromatic heterocycles. The molecule has 2 aromatic rings. The normalized spacial score (nSPS) is 10.4. The number of nitrogens with one attached hydrogen (secondary N) is 1. The SMILES string of the molecule is CCCOc1cccc(NCc2ccc(C)s2)c1[N+](=O)[O-]. The second-order valence-corrected chi connectivity index (χ2v) is 6.00. The zero-order chi connectivity index (χ0) is 15.2. The third-order valence-corrected chi connectivity index (χ3v) is 3.89. The van der Waals surface area contributed by atoms with Gasteiger partial charge in [-0.3, -0.25) is 10.1 Å². The van der Waals surface area contributed by atoms with Crippen molar-refractivity contribution in [2.45, 2.75) is 26.8 Å². The molecular formula is C15H18N2O3S. The summed E-state index contributed by atoms with van der Waals surface area (Å²) in [7, 11) is 0. The predicted molar refractivity (Wildman–Crippen MR) is 85.3 cm³/mol. The Balaban J connectivity index is 2.19. The summed E-state index contributed by atoms with van der Waals surface area (Å²) in [6.07, 6.45) is 0.809. The third kappa shape index (κ3) is 3.95. The number of nitro benzene ring substituents is 1. The number of hydrogen-bond acceptors (Lipinski definition) is 5. The Bertz CT molecular complexity index is 625. The molecule has 0 bridgehead atoms. The van der Waals surface area contributed by atoms with E-state index in [9.17, 15) is 10.1 Å². The van der Waals surface area contributed by atoms with Gasteiger partial charge < -0.3 is 10.1 Å². The van der Waals surface area contributed by atoms with Crippen LogP contribution < -0.4 is 10.1 Å². The number of aryl methyl sites for hydroxylation is 1. The average Bonchev–Trinajstić information content (AvgIpc) is 2.88.